The number of rotatable bonds is 6. The van der Waals surface area contributed by atoms with Gasteiger partial charge in [-0.25, -0.2) is 0 Å². The van der Waals surface area contributed by atoms with Crippen LogP contribution in [0.2, 0.25) is 0 Å². The Kier molecular flexibility index (Phi) is 6.72. The van der Waals surface area contributed by atoms with Crippen LogP contribution < -0.4 is 15.4 Å². The molecule has 5 N–H and O–H groups in total. The summed E-state index contributed by atoms with van der Waals surface area (Å²) >= 11 is 1.59. The number of methoxy groups -OCH3 is 1. The van der Waals surface area contributed by atoms with E-state index in [1.54, 1.807) is 17.8 Å². The maximum absolute atomic E-state index is 14.1. The molecule has 0 heterocycles. The number of allylic oxidation sites excluding steroid dienone is 2. The van der Waals surface area contributed by atoms with Crippen LogP contribution in [0.3, 0.4) is 0 Å². The van der Waals surface area contributed by atoms with Crippen LogP contribution in [-0.2, 0) is 9.59 Å². The topological polar surface area (TPSA) is 150 Å². The number of thioether (sulfide) groups is 1. The predicted molar refractivity (Wildman–Crippen MR) is 146 cm³/mol. The second-order valence-corrected chi connectivity index (χ2v) is 11.4. The van der Waals surface area contributed by atoms with Gasteiger partial charge in [0.25, 0.3) is 5.91 Å². The lowest BCUT2D eigenvalue weighted by Crippen LogP contribution is -2.57. The molecular weight excluding hydrogens is 520 g/mol. The first-order chi connectivity index (χ1) is 18.5. The molecule has 4 atom stereocenters. The Hall–Kier alpha value is -3.76. The highest BCUT2D eigenvalue weighted by atomic mass is 32.2. The standard InChI is InChI=1S/C29H30N2O7S/c1-31(2)18-9-10-20(38-3)24-21(18)17(13-39-15-7-5-4-6-8-15)16-11-14-12-19(32)23(28(30)36)27(35)29(14,37)26(34)22(16)25(24)33/h4-10,14,16-17,32,34,37H,11-13H2,1-3H3,(H2,30,36)/t14-,16+,17+,29-/m0/s1. The first-order valence-corrected chi connectivity index (χ1v) is 13.5. The van der Waals surface area contributed by atoms with Gasteiger partial charge in [0.05, 0.1) is 12.7 Å². The average Bonchev–Trinajstić information content (AvgIpc) is 2.90. The molecular formula is C29H30N2O7S. The largest absolute Gasteiger partial charge is 0.511 e. The lowest BCUT2D eigenvalue weighted by molar-refractivity contribution is -0.144. The van der Waals surface area contributed by atoms with E-state index in [2.05, 4.69) is 0 Å². The normalized spacial score (nSPS) is 26.1. The van der Waals surface area contributed by atoms with E-state index in [-0.39, 0.29) is 29.9 Å². The zero-order valence-corrected chi connectivity index (χ0v) is 22.6. The van der Waals surface area contributed by atoms with Crippen LogP contribution in [0.25, 0.3) is 0 Å². The molecule has 0 fully saturated rings. The van der Waals surface area contributed by atoms with E-state index in [4.69, 9.17) is 10.5 Å². The van der Waals surface area contributed by atoms with E-state index in [1.165, 1.54) is 7.11 Å². The van der Waals surface area contributed by atoms with Crippen molar-refractivity contribution in [2.24, 2.45) is 17.6 Å². The minimum atomic E-state index is -2.56. The van der Waals surface area contributed by atoms with Gasteiger partial charge in [-0.15, -0.1) is 11.8 Å². The third-order valence-corrected chi connectivity index (χ3v) is 9.18. The van der Waals surface area contributed by atoms with Gasteiger partial charge in [-0.1, -0.05) is 18.2 Å². The first kappa shape index (κ1) is 26.8. The Labute approximate surface area is 229 Å². The van der Waals surface area contributed by atoms with Gasteiger partial charge in [-0.05, 0) is 42.2 Å². The number of aliphatic hydroxyl groups is 3. The van der Waals surface area contributed by atoms with Gasteiger partial charge < -0.3 is 30.7 Å². The van der Waals surface area contributed by atoms with Crippen molar-refractivity contribution in [3.05, 3.63) is 76.3 Å². The molecule has 10 heteroatoms. The second kappa shape index (κ2) is 9.77. The van der Waals surface area contributed by atoms with E-state index in [9.17, 15) is 29.7 Å². The monoisotopic (exact) mass is 550 g/mol. The van der Waals surface area contributed by atoms with Crippen LogP contribution in [0, 0.1) is 11.8 Å². The molecule has 0 radical (unpaired) electrons. The number of anilines is 1. The second-order valence-electron chi connectivity index (χ2n) is 10.3. The molecule has 1 amide bonds. The number of ketones is 2. The molecule has 204 valence electrons. The van der Waals surface area contributed by atoms with Crippen molar-refractivity contribution in [3.8, 4) is 5.75 Å². The summed E-state index contributed by atoms with van der Waals surface area (Å²) in [5.74, 6) is -5.30. The number of carbonyl (C=O) groups excluding carboxylic acids is 3. The van der Waals surface area contributed by atoms with Gasteiger partial charge in [0.2, 0.25) is 5.78 Å². The number of Topliss-reactive ketones (excluding diaryl/α,β-unsaturated/α-hetero) is 2. The SMILES string of the molecule is COc1ccc(N(C)C)c2c1C(=O)C1=C(O)[C@]3(O)C(=O)C(C(N)=O)=C(O)C[C@@H]3C[C@@H]1[C@H]2CSc1ccccc1. The van der Waals surface area contributed by atoms with Crippen LogP contribution in [0.4, 0.5) is 5.69 Å². The first-order valence-electron chi connectivity index (χ1n) is 12.6. The maximum atomic E-state index is 14.1. The molecule has 0 saturated carbocycles. The summed E-state index contributed by atoms with van der Waals surface area (Å²) in [6.07, 6.45) is -0.125. The molecule has 0 saturated heterocycles. The van der Waals surface area contributed by atoms with Gasteiger partial charge in [-0.3, -0.25) is 14.4 Å². The molecule has 0 aliphatic heterocycles. The number of aliphatic hydroxyl groups excluding tert-OH is 2. The van der Waals surface area contributed by atoms with Gasteiger partial charge in [-0.2, -0.15) is 0 Å². The zero-order chi connectivity index (χ0) is 28.2. The summed E-state index contributed by atoms with van der Waals surface area (Å²) in [6, 6.07) is 13.3. The Morgan fingerprint density at radius 3 is 2.46 bits per heavy atom. The fraction of sp³-hybridized carbons (Fsp3) is 0.345. The van der Waals surface area contributed by atoms with E-state index in [0.29, 0.717) is 11.5 Å². The van der Waals surface area contributed by atoms with Crippen molar-refractivity contribution in [1.82, 2.24) is 0 Å². The summed E-state index contributed by atoms with van der Waals surface area (Å²) in [7, 11) is 5.21. The van der Waals surface area contributed by atoms with Crippen LogP contribution in [-0.4, -0.2) is 65.4 Å². The molecule has 0 spiro atoms. The molecule has 0 unspecified atom stereocenters. The number of hydrogen-bond donors (Lipinski definition) is 4. The molecule has 0 bridgehead atoms. The summed E-state index contributed by atoms with van der Waals surface area (Å²) in [5, 5.41) is 33.7. The number of carbonyl (C=O) groups is 3. The summed E-state index contributed by atoms with van der Waals surface area (Å²) in [4.78, 5) is 42.3. The van der Waals surface area contributed by atoms with E-state index >= 15 is 0 Å². The van der Waals surface area contributed by atoms with Gasteiger partial charge in [0, 0.05) is 54.3 Å². The Bertz CT molecular complexity index is 1450. The van der Waals surface area contributed by atoms with Gasteiger partial charge >= 0.3 is 0 Å². The highest BCUT2D eigenvalue weighted by molar-refractivity contribution is 7.99. The summed E-state index contributed by atoms with van der Waals surface area (Å²) < 4.78 is 5.58. The van der Waals surface area contributed by atoms with Crippen molar-refractivity contribution < 1.29 is 34.4 Å². The number of amides is 1. The molecule has 0 aromatic heterocycles. The Balaban J connectivity index is 1.73. The third-order valence-electron chi connectivity index (χ3n) is 8.05. The lowest BCUT2D eigenvalue weighted by Gasteiger charge is -2.48. The molecule has 2 aromatic carbocycles. The van der Waals surface area contributed by atoms with Gasteiger partial charge in [0.15, 0.2) is 11.4 Å². The highest BCUT2D eigenvalue weighted by Crippen LogP contribution is 2.57. The van der Waals surface area contributed by atoms with E-state index in [0.717, 1.165) is 16.1 Å². The van der Waals surface area contributed by atoms with Crippen LogP contribution >= 0.6 is 11.8 Å². The molecule has 5 rings (SSSR count). The number of fused-ring (bicyclic) bond motifs is 3. The molecule has 9 nitrogen and oxygen atoms in total. The molecule has 39 heavy (non-hydrogen) atoms. The molecule has 3 aliphatic carbocycles. The Morgan fingerprint density at radius 2 is 1.85 bits per heavy atom. The maximum Gasteiger partial charge on any atom is 0.255 e. The minimum absolute atomic E-state index is 0.0762. The van der Waals surface area contributed by atoms with E-state index in [1.807, 2.05) is 55.4 Å². The van der Waals surface area contributed by atoms with E-state index < -0.39 is 52.0 Å². The molecule has 3 aliphatic rings. The number of primary amides is 1. The Morgan fingerprint density at radius 1 is 1.15 bits per heavy atom. The average molecular weight is 551 g/mol. The van der Waals surface area contributed by atoms with Gasteiger partial charge in [0.1, 0.15) is 22.8 Å². The smallest absolute Gasteiger partial charge is 0.255 e. The van der Waals surface area contributed by atoms with Crippen molar-refractivity contribution in [3.63, 3.8) is 0 Å². The quantitative estimate of drug-likeness (QED) is 0.314. The fourth-order valence-electron chi connectivity index (χ4n) is 6.24. The minimum Gasteiger partial charge on any atom is -0.511 e. The van der Waals surface area contributed by atoms with Crippen molar-refractivity contribution in [2.75, 3.05) is 31.9 Å². The third kappa shape index (κ3) is 4.01. The summed E-state index contributed by atoms with van der Waals surface area (Å²) in [5.41, 5.74) is 3.77. The molecule has 2 aromatic rings. The van der Waals surface area contributed by atoms with Crippen LogP contribution in [0.15, 0.2) is 70.0 Å². The van der Waals surface area contributed by atoms with Crippen LogP contribution in [0.5, 0.6) is 5.75 Å². The van der Waals surface area contributed by atoms with Crippen molar-refractivity contribution >= 4 is 34.9 Å². The predicted octanol–water partition coefficient (Wildman–Crippen LogP) is 3.28. The number of nitrogens with zero attached hydrogens (tertiary/aromatic N) is 1. The zero-order valence-electron chi connectivity index (χ0n) is 21.8. The number of hydrogen-bond acceptors (Lipinski definition) is 9. The highest BCUT2D eigenvalue weighted by Gasteiger charge is 2.61. The van der Waals surface area contributed by atoms with Crippen molar-refractivity contribution in [2.45, 2.75) is 29.3 Å². The fourth-order valence-corrected chi connectivity index (χ4v) is 7.36. The number of ether oxygens (including phenoxy) is 1. The number of benzene rings is 2. The lowest BCUT2D eigenvalue weighted by atomic mass is 9.57. The number of nitrogens with two attached hydrogens (primary N) is 1. The van der Waals surface area contributed by atoms with Crippen LogP contribution in [0.1, 0.15) is 34.7 Å². The van der Waals surface area contributed by atoms with Crippen molar-refractivity contribution in [1.29, 1.82) is 0 Å². The summed E-state index contributed by atoms with van der Waals surface area (Å²) in [6.45, 7) is 0.